The molecule has 3 nitrogen and oxygen atoms in total. The van der Waals surface area contributed by atoms with Crippen LogP contribution in [0.5, 0.6) is 0 Å². The zero-order chi connectivity index (χ0) is 14.5. The molecule has 0 atom stereocenters. The first-order valence-electron chi connectivity index (χ1n) is 6.42. The minimum absolute atomic E-state index is 0.513. The molecule has 0 aromatic heterocycles. The number of rotatable bonds is 5. The summed E-state index contributed by atoms with van der Waals surface area (Å²) in [5, 5.41) is 19.1. The van der Waals surface area contributed by atoms with Crippen LogP contribution in [0.3, 0.4) is 0 Å². The zero-order valence-electron chi connectivity index (χ0n) is 11.3. The molecule has 0 saturated heterocycles. The van der Waals surface area contributed by atoms with E-state index in [9.17, 15) is 10.0 Å². The van der Waals surface area contributed by atoms with Gasteiger partial charge in [-0.1, -0.05) is 48.0 Å². The van der Waals surface area contributed by atoms with Gasteiger partial charge in [-0.3, -0.25) is 4.90 Å². The molecule has 0 saturated carbocycles. The number of benzene rings is 2. The van der Waals surface area contributed by atoms with Crippen LogP contribution in [0.25, 0.3) is 0 Å². The van der Waals surface area contributed by atoms with Crippen LogP contribution in [0, 0.1) is 0 Å². The molecule has 0 amide bonds. The first kappa shape index (κ1) is 15.1. The summed E-state index contributed by atoms with van der Waals surface area (Å²) in [7, 11) is 0.594. The number of hydrogen-bond acceptors (Lipinski definition) is 3. The van der Waals surface area contributed by atoms with Crippen LogP contribution in [0.4, 0.5) is 0 Å². The lowest BCUT2D eigenvalue weighted by Crippen LogP contribution is -2.30. The molecule has 20 heavy (non-hydrogen) atoms. The van der Waals surface area contributed by atoms with E-state index in [2.05, 4.69) is 4.90 Å². The molecule has 0 heterocycles. The largest absolute Gasteiger partial charge is 0.488 e. The van der Waals surface area contributed by atoms with E-state index in [1.54, 1.807) is 12.1 Å². The standard InChI is InChI=1S/C15H17BClNO2/c1-18(11-13-5-3-7-15(17)9-13)10-12-4-2-6-14(8-12)16(19)20/h2-9,19-20H,10-11H2,1H3. The lowest BCUT2D eigenvalue weighted by molar-refractivity contribution is 0.319. The van der Waals surface area contributed by atoms with Gasteiger partial charge in [-0.05, 0) is 35.8 Å². The van der Waals surface area contributed by atoms with Crippen LogP contribution in [0.15, 0.2) is 48.5 Å². The molecule has 5 heteroatoms. The zero-order valence-corrected chi connectivity index (χ0v) is 12.1. The van der Waals surface area contributed by atoms with Crippen molar-refractivity contribution >= 4 is 24.2 Å². The minimum Gasteiger partial charge on any atom is -0.423 e. The molecule has 0 spiro atoms. The summed E-state index contributed by atoms with van der Waals surface area (Å²) >= 11 is 5.97. The quantitative estimate of drug-likeness (QED) is 0.823. The Morgan fingerprint density at radius 2 is 1.60 bits per heavy atom. The molecule has 2 rings (SSSR count). The Morgan fingerprint density at radius 3 is 2.20 bits per heavy atom. The lowest BCUT2D eigenvalue weighted by atomic mass is 9.79. The predicted octanol–water partition coefficient (Wildman–Crippen LogP) is 1.65. The minimum atomic E-state index is -1.42. The van der Waals surface area contributed by atoms with Crippen LogP contribution >= 0.6 is 11.6 Å². The SMILES string of the molecule is CN(Cc1cccc(Cl)c1)Cc1cccc(B(O)O)c1. The van der Waals surface area contributed by atoms with Crippen molar-refractivity contribution in [1.82, 2.24) is 4.90 Å². The average molecular weight is 290 g/mol. The molecule has 2 aromatic rings. The molecule has 0 aliphatic carbocycles. The normalized spacial score (nSPS) is 10.8. The molecule has 2 aromatic carbocycles. The monoisotopic (exact) mass is 289 g/mol. The van der Waals surface area contributed by atoms with Crippen LogP contribution in [0.1, 0.15) is 11.1 Å². The summed E-state index contributed by atoms with van der Waals surface area (Å²) in [5.41, 5.74) is 2.71. The van der Waals surface area contributed by atoms with Crippen molar-refractivity contribution in [2.75, 3.05) is 7.05 Å². The van der Waals surface area contributed by atoms with E-state index in [4.69, 9.17) is 11.6 Å². The van der Waals surface area contributed by atoms with E-state index in [0.717, 1.165) is 29.2 Å². The lowest BCUT2D eigenvalue weighted by Gasteiger charge is -2.17. The Bertz CT molecular complexity index is 577. The van der Waals surface area contributed by atoms with Crippen molar-refractivity contribution in [2.24, 2.45) is 0 Å². The fourth-order valence-corrected chi connectivity index (χ4v) is 2.38. The van der Waals surface area contributed by atoms with Crippen LogP contribution < -0.4 is 5.46 Å². The third-order valence-electron chi connectivity index (χ3n) is 3.04. The number of halogens is 1. The summed E-state index contributed by atoms with van der Waals surface area (Å²) in [6, 6.07) is 15.1. The molecule has 104 valence electrons. The topological polar surface area (TPSA) is 43.7 Å². The fourth-order valence-electron chi connectivity index (χ4n) is 2.17. The van der Waals surface area contributed by atoms with Gasteiger partial charge in [0.15, 0.2) is 0 Å². The van der Waals surface area contributed by atoms with Crippen molar-refractivity contribution in [3.05, 3.63) is 64.7 Å². The summed E-state index contributed by atoms with van der Waals surface area (Å²) in [5.74, 6) is 0. The van der Waals surface area contributed by atoms with Crippen LogP contribution in [0.2, 0.25) is 5.02 Å². The Labute approximate surface area is 124 Å². The Morgan fingerprint density at radius 1 is 1.00 bits per heavy atom. The van der Waals surface area contributed by atoms with Gasteiger partial charge in [0.25, 0.3) is 0 Å². The van der Waals surface area contributed by atoms with Gasteiger partial charge in [0.1, 0.15) is 0 Å². The average Bonchev–Trinajstić information content (AvgIpc) is 2.38. The van der Waals surface area contributed by atoms with Gasteiger partial charge in [-0.2, -0.15) is 0 Å². The Hall–Kier alpha value is -1.33. The van der Waals surface area contributed by atoms with Crippen LogP contribution in [-0.4, -0.2) is 29.1 Å². The highest BCUT2D eigenvalue weighted by molar-refractivity contribution is 6.58. The van der Waals surface area contributed by atoms with Crippen molar-refractivity contribution in [1.29, 1.82) is 0 Å². The third kappa shape index (κ3) is 4.35. The maximum Gasteiger partial charge on any atom is 0.488 e. The summed E-state index contributed by atoms with van der Waals surface area (Å²) in [6.07, 6.45) is 0. The predicted molar refractivity (Wildman–Crippen MR) is 82.9 cm³/mol. The summed E-state index contributed by atoms with van der Waals surface area (Å²) < 4.78 is 0. The molecule has 0 bridgehead atoms. The molecule has 0 aliphatic heterocycles. The molecule has 2 N–H and O–H groups in total. The van der Waals surface area contributed by atoms with E-state index >= 15 is 0 Å². The Balaban J connectivity index is 2.01. The van der Waals surface area contributed by atoms with E-state index in [-0.39, 0.29) is 0 Å². The molecular formula is C15H17BClNO2. The first-order chi connectivity index (χ1) is 9.54. The third-order valence-corrected chi connectivity index (χ3v) is 3.28. The van der Waals surface area contributed by atoms with Gasteiger partial charge < -0.3 is 10.0 Å². The smallest absolute Gasteiger partial charge is 0.423 e. The van der Waals surface area contributed by atoms with Crippen LogP contribution in [-0.2, 0) is 13.1 Å². The second kappa shape index (κ2) is 6.91. The van der Waals surface area contributed by atoms with E-state index in [1.807, 2.05) is 43.4 Å². The van der Waals surface area contributed by atoms with Gasteiger partial charge in [-0.25, -0.2) is 0 Å². The summed E-state index contributed by atoms with van der Waals surface area (Å²) in [6.45, 7) is 1.51. The molecule has 0 aliphatic rings. The van der Waals surface area contributed by atoms with E-state index in [0.29, 0.717) is 5.46 Å². The molecule has 0 unspecified atom stereocenters. The second-order valence-corrected chi connectivity index (χ2v) is 5.36. The van der Waals surface area contributed by atoms with E-state index in [1.165, 1.54) is 0 Å². The van der Waals surface area contributed by atoms with Crippen molar-refractivity contribution in [3.8, 4) is 0 Å². The molecular weight excluding hydrogens is 272 g/mol. The highest BCUT2D eigenvalue weighted by atomic mass is 35.5. The highest BCUT2D eigenvalue weighted by Crippen LogP contribution is 2.13. The number of nitrogens with zero attached hydrogens (tertiary/aromatic N) is 1. The second-order valence-electron chi connectivity index (χ2n) is 4.92. The van der Waals surface area contributed by atoms with Gasteiger partial charge in [-0.15, -0.1) is 0 Å². The summed E-state index contributed by atoms with van der Waals surface area (Å²) in [4.78, 5) is 2.15. The van der Waals surface area contributed by atoms with E-state index < -0.39 is 7.12 Å². The molecule has 0 radical (unpaired) electrons. The van der Waals surface area contributed by atoms with Crippen molar-refractivity contribution in [3.63, 3.8) is 0 Å². The van der Waals surface area contributed by atoms with Gasteiger partial charge in [0, 0.05) is 18.1 Å². The van der Waals surface area contributed by atoms with Gasteiger partial charge in [0.2, 0.25) is 0 Å². The highest BCUT2D eigenvalue weighted by Gasteiger charge is 2.11. The maximum atomic E-state index is 9.18. The Kier molecular flexibility index (Phi) is 5.20. The maximum absolute atomic E-state index is 9.18. The first-order valence-corrected chi connectivity index (χ1v) is 6.80. The number of hydrogen-bond donors (Lipinski definition) is 2. The van der Waals surface area contributed by atoms with Crippen molar-refractivity contribution < 1.29 is 10.0 Å². The van der Waals surface area contributed by atoms with Gasteiger partial charge >= 0.3 is 7.12 Å². The van der Waals surface area contributed by atoms with Crippen molar-refractivity contribution in [2.45, 2.75) is 13.1 Å². The van der Waals surface area contributed by atoms with Gasteiger partial charge in [0.05, 0.1) is 0 Å². The fraction of sp³-hybridized carbons (Fsp3) is 0.200. The molecule has 0 fully saturated rings.